The van der Waals surface area contributed by atoms with Gasteiger partial charge in [0.1, 0.15) is 11.4 Å². The number of anilines is 1. The summed E-state index contributed by atoms with van der Waals surface area (Å²) in [5.41, 5.74) is 1.17. The summed E-state index contributed by atoms with van der Waals surface area (Å²) in [5, 5.41) is 14.3. The normalized spacial score (nSPS) is 16.6. The molecule has 132 valence electrons. The number of nitrogens with zero attached hydrogens (tertiary/aromatic N) is 1. The van der Waals surface area contributed by atoms with Crippen molar-refractivity contribution in [2.45, 2.75) is 11.3 Å². The van der Waals surface area contributed by atoms with Crippen LogP contribution in [0.1, 0.15) is 5.56 Å². The van der Waals surface area contributed by atoms with Crippen molar-refractivity contribution in [1.82, 2.24) is 0 Å². The lowest BCUT2D eigenvalue weighted by molar-refractivity contribution is -0.384. The molecule has 0 radical (unpaired) electrons. The number of nitrogens with one attached hydrogen (secondary N) is 1. The summed E-state index contributed by atoms with van der Waals surface area (Å²) in [5.74, 6) is 1.05. The quantitative estimate of drug-likeness (QED) is 0.648. The highest BCUT2D eigenvalue weighted by molar-refractivity contribution is 7.90. The van der Waals surface area contributed by atoms with Crippen molar-refractivity contribution in [1.29, 1.82) is 0 Å². The van der Waals surface area contributed by atoms with Crippen molar-refractivity contribution < 1.29 is 18.1 Å². The SMILES string of the molecule is CS(=O)(=O)c1ccc(NCC2COc3ccccc3C2)c([N+](=O)[O-])c1. The molecule has 0 spiro atoms. The third-order valence-electron chi connectivity index (χ3n) is 4.13. The second-order valence-corrected chi connectivity index (χ2v) is 8.09. The Hall–Kier alpha value is -2.61. The third-order valence-corrected chi connectivity index (χ3v) is 5.24. The summed E-state index contributed by atoms with van der Waals surface area (Å²) in [4.78, 5) is 10.6. The molecule has 25 heavy (non-hydrogen) atoms. The Morgan fingerprint density at radius 3 is 2.76 bits per heavy atom. The first-order valence-electron chi connectivity index (χ1n) is 7.77. The van der Waals surface area contributed by atoms with Gasteiger partial charge < -0.3 is 10.1 Å². The minimum Gasteiger partial charge on any atom is -0.493 e. The first kappa shape index (κ1) is 17.2. The number of hydrogen-bond acceptors (Lipinski definition) is 6. The van der Waals surface area contributed by atoms with Crippen LogP contribution >= 0.6 is 0 Å². The Morgan fingerprint density at radius 1 is 1.28 bits per heavy atom. The number of sulfone groups is 1. The van der Waals surface area contributed by atoms with Gasteiger partial charge in [0.25, 0.3) is 5.69 Å². The van der Waals surface area contributed by atoms with E-state index in [1.54, 1.807) is 0 Å². The zero-order valence-corrected chi connectivity index (χ0v) is 14.5. The molecule has 3 rings (SSSR count). The highest BCUT2D eigenvalue weighted by Crippen LogP contribution is 2.30. The van der Waals surface area contributed by atoms with E-state index in [1.807, 2.05) is 24.3 Å². The van der Waals surface area contributed by atoms with E-state index >= 15 is 0 Å². The van der Waals surface area contributed by atoms with Gasteiger partial charge in [-0.05, 0) is 30.2 Å². The molecule has 0 aliphatic carbocycles. The second-order valence-electron chi connectivity index (χ2n) is 6.08. The number of nitro groups is 1. The smallest absolute Gasteiger partial charge is 0.293 e. The van der Waals surface area contributed by atoms with Crippen LogP contribution in [-0.2, 0) is 16.3 Å². The summed E-state index contributed by atoms with van der Waals surface area (Å²) >= 11 is 0. The average molecular weight is 362 g/mol. The van der Waals surface area contributed by atoms with E-state index in [9.17, 15) is 18.5 Å². The Balaban J connectivity index is 1.74. The van der Waals surface area contributed by atoms with Crippen LogP contribution < -0.4 is 10.1 Å². The van der Waals surface area contributed by atoms with Gasteiger partial charge in [0, 0.05) is 24.8 Å². The van der Waals surface area contributed by atoms with Crippen LogP contribution in [0.4, 0.5) is 11.4 Å². The average Bonchev–Trinajstić information content (AvgIpc) is 2.58. The molecule has 0 bridgehead atoms. The summed E-state index contributed by atoms with van der Waals surface area (Å²) in [6, 6.07) is 11.7. The van der Waals surface area contributed by atoms with Gasteiger partial charge in [-0.3, -0.25) is 10.1 Å². The van der Waals surface area contributed by atoms with Gasteiger partial charge in [0.05, 0.1) is 16.4 Å². The molecule has 1 aliphatic heterocycles. The van der Waals surface area contributed by atoms with Crippen molar-refractivity contribution in [3.8, 4) is 5.75 Å². The van der Waals surface area contributed by atoms with E-state index < -0.39 is 14.8 Å². The van der Waals surface area contributed by atoms with E-state index in [0.29, 0.717) is 18.8 Å². The van der Waals surface area contributed by atoms with Gasteiger partial charge in [-0.1, -0.05) is 18.2 Å². The van der Waals surface area contributed by atoms with E-state index in [2.05, 4.69) is 5.32 Å². The number of fused-ring (bicyclic) bond motifs is 1. The molecule has 1 unspecified atom stereocenters. The number of para-hydroxylation sites is 1. The molecule has 8 heteroatoms. The van der Waals surface area contributed by atoms with Crippen molar-refractivity contribution in [2.24, 2.45) is 5.92 Å². The number of hydrogen-bond donors (Lipinski definition) is 1. The van der Waals surface area contributed by atoms with E-state index in [0.717, 1.165) is 30.1 Å². The lowest BCUT2D eigenvalue weighted by Crippen LogP contribution is -2.27. The van der Waals surface area contributed by atoms with Gasteiger partial charge in [-0.15, -0.1) is 0 Å². The summed E-state index contributed by atoms with van der Waals surface area (Å²) < 4.78 is 28.9. The summed E-state index contributed by atoms with van der Waals surface area (Å²) in [7, 11) is -3.50. The van der Waals surface area contributed by atoms with Gasteiger partial charge in [-0.2, -0.15) is 0 Å². The van der Waals surface area contributed by atoms with Crippen LogP contribution in [0.3, 0.4) is 0 Å². The van der Waals surface area contributed by atoms with Gasteiger partial charge >= 0.3 is 0 Å². The molecule has 1 heterocycles. The first-order chi connectivity index (χ1) is 11.8. The molecule has 1 atom stereocenters. The van der Waals surface area contributed by atoms with Gasteiger partial charge in [-0.25, -0.2) is 8.42 Å². The molecule has 2 aromatic rings. The second kappa shape index (κ2) is 6.72. The molecular formula is C17H18N2O5S. The fourth-order valence-electron chi connectivity index (χ4n) is 2.82. The van der Waals surface area contributed by atoms with Crippen LogP contribution in [0.2, 0.25) is 0 Å². The predicted octanol–water partition coefficient (Wildman–Crippen LogP) is 2.66. The fraction of sp³-hybridized carbons (Fsp3) is 0.294. The van der Waals surface area contributed by atoms with Crippen molar-refractivity contribution in [2.75, 3.05) is 24.7 Å². The zero-order valence-electron chi connectivity index (χ0n) is 13.6. The zero-order chi connectivity index (χ0) is 18.0. The minimum atomic E-state index is -3.50. The molecule has 2 aromatic carbocycles. The molecular weight excluding hydrogens is 344 g/mol. The lowest BCUT2D eigenvalue weighted by Gasteiger charge is -2.25. The third kappa shape index (κ3) is 3.90. The summed E-state index contributed by atoms with van der Waals surface area (Å²) in [6.07, 6.45) is 1.84. The van der Waals surface area contributed by atoms with E-state index in [1.165, 1.54) is 12.1 Å². The van der Waals surface area contributed by atoms with Crippen molar-refractivity contribution in [3.63, 3.8) is 0 Å². The monoisotopic (exact) mass is 362 g/mol. The maximum Gasteiger partial charge on any atom is 0.293 e. The van der Waals surface area contributed by atoms with Crippen LogP contribution in [0.25, 0.3) is 0 Å². The topological polar surface area (TPSA) is 98.5 Å². The number of ether oxygens (including phenoxy) is 1. The molecule has 1 N–H and O–H groups in total. The van der Waals surface area contributed by atoms with Crippen molar-refractivity contribution in [3.05, 3.63) is 58.1 Å². The molecule has 0 amide bonds. The molecule has 1 aliphatic rings. The first-order valence-corrected chi connectivity index (χ1v) is 9.67. The van der Waals surface area contributed by atoms with Gasteiger partial charge in [0.2, 0.25) is 0 Å². The van der Waals surface area contributed by atoms with Crippen LogP contribution in [-0.4, -0.2) is 32.7 Å². The Labute approximate surface area is 145 Å². The maximum atomic E-state index is 11.6. The Morgan fingerprint density at radius 2 is 2.04 bits per heavy atom. The lowest BCUT2D eigenvalue weighted by atomic mass is 9.96. The minimum absolute atomic E-state index is 0.0697. The molecule has 0 saturated heterocycles. The van der Waals surface area contributed by atoms with Gasteiger partial charge in [0.15, 0.2) is 9.84 Å². The number of rotatable bonds is 5. The Bertz CT molecular complexity index is 911. The summed E-state index contributed by atoms with van der Waals surface area (Å²) in [6.45, 7) is 1.02. The fourth-order valence-corrected chi connectivity index (χ4v) is 3.46. The van der Waals surface area contributed by atoms with Crippen LogP contribution in [0.15, 0.2) is 47.4 Å². The largest absolute Gasteiger partial charge is 0.493 e. The van der Waals surface area contributed by atoms with E-state index in [4.69, 9.17) is 4.74 Å². The molecule has 7 nitrogen and oxygen atoms in total. The highest BCUT2D eigenvalue weighted by Gasteiger charge is 2.22. The van der Waals surface area contributed by atoms with Crippen molar-refractivity contribution >= 4 is 21.2 Å². The molecule has 0 fully saturated rings. The van der Waals surface area contributed by atoms with Crippen LogP contribution in [0, 0.1) is 16.0 Å². The maximum absolute atomic E-state index is 11.6. The number of nitro benzene ring substituents is 1. The molecule has 0 saturated carbocycles. The number of benzene rings is 2. The van der Waals surface area contributed by atoms with E-state index in [-0.39, 0.29) is 16.5 Å². The predicted molar refractivity (Wildman–Crippen MR) is 93.8 cm³/mol. The van der Waals surface area contributed by atoms with Crippen LogP contribution in [0.5, 0.6) is 5.75 Å². The standard InChI is InChI=1S/C17H18N2O5S/c1-25(22,23)14-6-7-15(16(9-14)19(20)21)18-10-12-8-13-4-2-3-5-17(13)24-11-12/h2-7,9,12,18H,8,10-11H2,1H3. The Kier molecular flexibility index (Phi) is 4.63. The molecule has 0 aromatic heterocycles. The highest BCUT2D eigenvalue weighted by atomic mass is 32.2.